The van der Waals surface area contributed by atoms with Crippen molar-refractivity contribution in [3.63, 3.8) is 0 Å². The minimum atomic E-state index is -2.74. The number of nitriles is 1. The highest BCUT2D eigenvalue weighted by Crippen LogP contribution is 2.49. The molecule has 0 spiro atoms. The van der Waals surface area contributed by atoms with E-state index in [0.717, 1.165) is 24.4 Å². The SMILES string of the molecule is CC1=C(c2ccc(Cl)c(O)c2)C(c2ccc(OC[C@H](C)N3CC[C@@H](C)C3)cc2)Oc2c(C#N)cc(C(F)F)cc21. The molecule has 3 atom stereocenters. The number of rotatable bonds is 7. The fourth-order valence-corrected chi connectivity index (χ4v) is 5.62. The molecule has 8 heteroatoms. The maximum absolute atomic E-state index is 13.7. The highest BCUT2D eigenvalue weighted by atomic mass is 35.5. The number of phenols is 1. The summed E-state index contributed by atoms with van der Waals surface area (Å²) in [4.78, 5) is 2.44. The highest BCUT2D eigenvalue weighted by molar-refractivity contribution is 6.32. The monoisotopic (exact) mass is 564 g/mol. The van der Waals surface area contributed by atoms with E-state index in [-0.39, 0.29) is 27.6 Å². The Kier molecular flexibility index (Phi) is 8.02. The number of nitrogens with zero attached hydrogens (tertiary/aromatic N) is 2. The van der Waals surface area contributed by atoms with Gasteiger partial charge in [-0.3, -0.25) is 4.90 Å². The Morgan fingerprint density at radius 1 is 1.18 bits per heavy atom. The summed E-state index contributed by atoms with van der Waals surface area (Å²) in [6.07, 6.45) is -2.20. The number of hydrogen-bond donors (Lipinski definition) is 1. The van der Waals surface area contributed by atoms with E-state index in [2.05, 4.69) is 18.7 Å². The molecule has 0 saturated carbocycles. The van der Waals surface area contributed by atoms with E-state index >= 15 is 0 Å². The molecule has 3 aromatic rings. The molecule has 0 bridgehead atoms. The third-order valence-corrected chi connectivity index (χ3v) is 8.12. The molecule has 2 aliphatic heterocycles. The molecule has 5 rings (SSSR count). The third kappa shape index (κ3) is 5.52. The van der Waals surface area contributed by atoms with Gasteiger partial charge in [0.05, 0.1) is 10.6 Å². The first-order chi connectivity index (χ1) is 19.2. The van der Waals surface area contributed by atoms with Crippen molar-refractivity contribution in [2.75, 3.05) is 19.7 Å². The molecular weight excluding hydrogens is 534 g/mol. The van der Waals surface area contributed by atoms with Gasteiger partial charge in [-0.25, -0.2) is 8.78 Å². The van der Waals surface area contributed by atoms with Crippen molar-refractivity contribution < 1.29 is 23.4 Å². The van der Waals surface area contributed by atoms with Crippen molar-refractivity contribution >= 4 is 22.7 Å². The van der Waals surface area contributed by atoms with Gasteiger partial charge in [-0.15, -0.1) is 0 Å². The minimum Gasteiger partial charge on any atom is -0.506 e. The van der Waals surface area contributed by atoms with Gasteiger partial charge in [0, 0.05) is 29.3 Å². The predicted octanol–water partition coefficient (Wildman–Crippen LogP) is 8.03. The molecule has 208 valence electrons. The number of aromatic hydroxyl groups is 1. The molecule has 1 unspecified atom stereocenters. The maximum atomic E-state index is 13.7. The van der Waals surface area contributed by atoms with E-state index in [1.165, 1.54) is 24.6 Å². The molecule has 0 radical (unpaired) electrons. The largest absolute Gasteiger partial charge is 0.506 e. The summed E-state index contributed by atoms with van der Waals surface area (Å²) in [5.41, 5.74) is 2.96. The van der Waals surface area contributed by atoms with Crippen molar-refractivity contribution in [2.24, 2.45) is 5.92 Å². The van der Waals surface area contributed by atoms with Crippen LogP contribution in [0.15, 0.2) is 54.6 Å². The molecule has 0 amide bonds. The summed E-state index contributed by atoms with van der Waals surface area (Å²) in [6, 6.07) is 17.3. The van der Waals surface area contributed by atoms with E-state index in [9.17, 15) is 19.1 Å². The lowest BCUT2D eigenvalue weighted by Crippen LogP contribution is -2.35. The molecule has 0 aliphatic carbocycles. The van der Waals surface area contributed by atoms with Crippen LogP contribution in [-0.2, 0) is 0 Å². The Balaban J connectivity index is 1.50. The number of allylic oxidation sites excluding steroid dienone is 1. The van der Waals surface area contributed by atoms with E-state index in [1.807, 2.05) is 37.3 Å². The van der Waals surface area contributed by atoms with Crippen LogP contribution >= 0.6 is 11.6 Å². The predicted molar refractivity (Wildman–Crippen MR) is 152 cm³/mol. The van der Waals surface area contributed by atoms with Gasteiger partial charge in [-0.1, -0.05) is 36.7 Å². The molecule has 3 aromatic carbocycles. The van der Waals surface area contributed by atoms with Crippen molar-refractivity contribution in [1.82, 2.24) is 4.90 Å². The quantitative estimate of drug-likeness (QED) is 0.315. The second kappa shape index (κ2) is 11.5. The minimum absolute atomic E-state index is 0.0420. The number of fused-ring (bicyclic) bond motifs is 1. The lowest BCUT2D eigenvalue weighted by atomic mass is 9.85. The lowest BCUT2D eigenvalue weighted by molar-refractivity contribution is 0.151. The molecule has 2 heterocycles. The van der Waals surface area contributed by atoms with Crippen LogP contribution in [0.1, 0.15) is 67.5 Å². The van der Waals surface area contributed by atoms with Crippen LogP contribution in [0, 0.1) is 17.2 Å². The fourth-order valence-electron chi connectivity index (χ4n) is 5.50. The lowest BCUT2D eigenvalue weighted by Gasteiger charge is -2.32. The van der Waals surface area contributed by atoms with Gasteiger partial charge in [-0.2, -0.15) is 5.26 Å². The van der Waals surface area contributed by atoms with Crippen molar-refractivity contribution in [3.05, 3.63) is 87.4 Å². The Hall–Kier alpha value is -3.60. The first kappa shape index (κ1) is 27.9. The maximum Gasteiger partial charge on any atom is 0.263 e. The molecule has 2 aliphatic rings. The zero-order valence-corrected chi connectivity index (χ0v) is 23.4. The van der Waals surface area contributed by atoms with Gasteiger partial charge >= 0.3 is 0 Å². The van der Waals surface area contributed by atoms with Crippen molar-refractivity contribution in [2.45, 2.75) is 45.8 Å². The number of hydrogen-bond acceptors (Lipinski definition) is 5. The Morgan fingerprint density at radius 2 is 1.93 bits per heavy atom. The Bertz CT molecular complexity index is 1480. The summed E-state index contributed by atoms with van der Waals surface area (Å²) in [7, 11) is 0. The normalized spacial score (nSPS) is 19.8. The zero-order valence-electron chi connectivity index (χ0n) is 22.6. The first-order valence-electron chi connectivity index (χ1n) is 13.4. The molecule has 1 fully saturated rings. The summed E-state index contributed by atoms with van der Waals surface area (Å²) < 4.78 is 39.8. The number of benzene rings is 3. The number of alkyl halides is 2. The summed E-state index contributed by atoms with van der Waals surface area (Å²) >= 11 is 6.07. The molecule has 1 saturated heterocycles. The molecule has 0 aromatic heterocycles. The van der Waals surface area contributed by atoms with Crippen molar-refractivity contribution in [1.29, 1.82) is 5.26 Å². The molecule has 1 N–H and O–H groups in total. The summed E-state index contributed by atoms with van der Waals surface area (Å²) in [5, 5.41) is 20.3. The third-order valence-electron chi connectivity index (χ3n) is 7.80. The number of halogens is 3. The van der Waals surface area contributed by atoms with Gasteiger partial charge < -0.3 is 14.6 Å². The van der Waals surface area contributed by atoms with Crippen LogP contribution in [0.25, 0.3) is 11.1 Å². The van der Waals surface area contributed by atoms with Crippen LogP contribution < -0.4 is 9.47 Å². The first-order valence-corrected chi connectivity index (χ1v) is 13.7. The Labute approximate surface area is 238 Å². The van der Waals surface area contributed by atoms with Crippen LogP contribution in [0.5, 0.6) is 17.2 Å². The van der Waals surface area contributed by atoms with Crippen LogP contribution in [0.3, 0.4) is 0 Å². The highest BCUT2D eigenvalue weighted by Gasteiger charge is 2.32. The van der Waals surface area contributed by atoms with Crippen LogP contribution in [0.2, 0.25) is 5.02 Å². The van der Waals surface area contributed by atoms with Gasteiger partial charge in [0.15, 0.2) is 0 Å². The van der Waals surface area contributed by atoms with Gasteiger partial charge in [-0.05, 0) is 85.8 Å². The number of likely N-dealkylation sites (tertiary alicyclic amines) is 1. The fraction of sp³-hybridized carbons (Fsp3) is 0.344. The summed E-state index contributed by atoms with van der Waals surface area (Å²) in [5.74, 6) is 1.59. The van der Waals surface area contributed by atoms with E-state index < -0.39 is 12.5 Å². The van der Waals surface area contributed by atoms with Gasteiger partial charge in [0.2, 0.25) is 0 Å². The van der Waals surface area contributed by atoms with E-state index in [4.69, 9.17) is 21.1 Å². The van der Waals surface area contributed by atoms with E-state index in [1.54, 1.807) is 12.1 Å². The smallest absolute Gasteiger partial charge is 0.263 e. The molecule has 40 heavy (non-hydrogen) atoms. The average molecular weight is 565 g/mol. The second-order valence-electron chi connectivity index (χ2n) is 10.7. The Morgan fingerprint density at radius 3 is 2.55 bits per heavy atom. The van der Waals surface area contributed by atoms with Gasteiger partial charge in [0.1, 0.15) is 36.0 Å². The molecule has 5 nitrogen and oxygen atoms in total. The van der Waals surface area contributed by atoms with Gasteiger partial charge in [0.25, 0.3) is 6.43 Å². The second-order valence-corrected chi connectivity index (χ2v) is 11.1. The summed E-state index contributed by atoms with van der Waals surface area (Å²) in [6.45, 7) is 9.00. The average Bonchev–Trinajstić information content (AvgIpc) is 3.39. The van der Waals surface area contributed by atoms with Crippen LogP contribution in [0.4, 0.5) is 8.78 Å². The zero-order chi connectivity index (χ0) is 28.6. The molecular formula is C32H31ClF2N2O3. The van der Waals surface area contributed by atoms with Crippen LogP contribution in [-0.4, -0.2) is 35.7 Å². The number of phenolic OH excluding ortho intramolecular Hbond substituents is 1. The standard InChI is InChI=1S/C32H31ClF2N2O3/c1-18-10-11-37(16-18)19(2)17-39-25-7-4-21(5-8-25)31-29(22-6-9-27(33)28(38)14-22)20(3)26-13-23(32(34)35)12-24(15-36)30(26)40-31/h4-9,12-14,18-19,31-32,38H,10-11,16-17H2,1-3H3/t18-,19+,31?/m1/s1. The topological polar surface area (TPSA) is 65.7 Å². The number of ether oxygens (including phenoxy) is 2. The van der Waals surface area contributed by atoms with E-state index in [0.29, 0.717) is 40.8 Å². The van der Waals surface area contributed by atoms with Crippen molar-refractivity contribution in [3.8, 4) is 23.3 Å².